The van der Waals surface area contributed by atoms with Crippen molar-refractivity contribution in [1.82, 2.24) is 0 Å². The summed E-state index contributed by atoms with van der Waals surface area (Å²) in [6.07, 6.45) is 7.88. The fraction of sp³-hybridized carbons (Fsp3) is 0.533. The zero-order valence-electron chi connectivity index (χ0n) is 10.9. The van der Waals surface area contributed by atoms with Crippen LogP contribution in [0.3, 0.4) is 0 Å². The van der Waals surface area contributed by atoms with Crippen LogP contribution in [-0.2, 0) is 4.79 Å². The Morgan fingerprint density at radius 2 is 2.05 bits per heavy atom. The first kappa shape index (κ1) is 14.5. The lowest BCUT2D eigenvalue weighted by atomic mass is 9.86. The summed E-state index contributed by atoms with van der Waals surface area (Å²) in [4.78, 5) is 11.9. The van der Waals surface area contributed by atoms with Gasteiger partial charge >= 0.3 is 0 Å². The van der Waals surface area contributed by atoms with Crippen molar-refractivity contribution in [2.45, 2.75) is 44.9 Å². The molecule has 1 aliphatic rings. The first-order chi connectivity index (χ1) is 9.15. The van der Waals surface area contributed by atoms with Crippen LogP contribution < -0.4 is 5.32 Å². The molecule has 0 saturated heterocycles. The number of hydrogen-bond donors (Lipinski definition) is 1. The van der Waals surface area contributed by atoms with Crippen LogP contribution in [0, 0.1) is 11.7 Å². The highest BCUT2D eigenvalue weighted by molar-refractivity contribution is 9.10. The van der Waals surface area contributed by atoms with E-state index in [1.54, 1.807) is 6.07 Å². The van der Waals surface area contributed by atoms with Gasteiger partial charge in [0.1, 0.15) is 5.82 Å². The van der Waals surface area contributed by atoms with Crippen molar-refractivity contribution < 1.29 is 9.18 Å². The van der Waals surface area contributed by atoms with E-state index in [1.165, 1.54) is 44.2 Å². The van der Waals surface area contributed by atoms with Gasteiger partial charge in [0.05, 0.1) is 5.69 Å². The standard InChI is InChI=1S/C15H19BrFNO/c16-13-8-7-12(17)10-14(13)18-15(19)9-6-11-4-2-1-3-5-11/h7-8,10-11H,1-6,9H2,(H,18,19). The molecular formula is C15H19BrFNO. The van der Waals surface area contributed by atoms with Crippen molar-refractivity contribution in [1.29, 1.82) is 0 Å². The lowest BCUT2D eigenvalue weighted by Crippen LogP contribution is -2.15. The quantitative estimate of drug-likeness (QED) is 0.838. The molecule has 1 aromatic rings. The van der Waals surface area contributed by atoms with Crippen molar-refractivity contribution in [3.05, 3.63) is 28.5 Å². The maximum atomic E-state index is 13.1. The van der Waals surface area contributed by atoms with Crippen LogP contribution in [-0.4, -0.2) is 5.91 Å². The molecule has 0 bridgehead atoms. The van der Waals surface area contributed by atoms with Gasteiger partial charge < -0.3 is 5.32 Å². The molecule has 0 spiro atoms. The topological polar surface area (TPSA) is 29.1 Å². The molecule has 104 valence electrons. The summed E-state index contributed by atoms with van der Waals surface area (Å²) in [7, 11) is 0. The summed E-state index contributed by atoms with van der Waals surface area (Å²) in [5.41, 5.74) is 0.508. The van der Waals surface area contributed by atoms with Crippen LogP contribution in [0.1, 0.15) is 44.9 Å². The van der Waals surface area contributed by atoms with E-state index >= 15 is 0 Å². The van der Waals surface area contributed by atoms with Crippen molar-refractivity contribution in [2.75, 3.05) is 5.32 Å². The van der Waals surface area contributed by atoms with Gasteiger partial charge in [-0.2, -0.15) is 0 Å². The van der Waals surface area contributed by atoms with E-state index in [9.17, 15) is 9.18 Å². The number of halogens is 2. The Bertz CT molecular complexity index is 444. The lowest BCUT2D eigenvalue weighted by Gasteiger charge is -2.21. The molecule has 1 saturated carbocycles. The molecule has 0 aliphatic heterocycles. The number of anilines is 1. The highest BCUT2D eigenvalue weighted by Crippen LogP contribution is 2.28. The van der Waals surface area contributed by atoms with Gasteiger partial charge in [-0.3, -0.25) is 4.79 Å². The SMILES string of the molecule is O=C(CCC1CCCCC1)Nc1cc(F)ccc1Br. The van der Waals surface area contributed by atoms with Gasteiger partial charge in [-0.1, -0.05) is 32.1 Å². The Morgan fingerprint density at radius 1 is 1.32 bits per heavy atom. The molecule has 0 atom stereocenters. The summed E-state index contributed by atoms with van der Waals surface area (Å²) in [5, 5.41) is 2.76. The minimum atomic E-state index is -0.342. The molecule has 1 aromatic carbocycles. The Balaban J connectivity index is 1.81. The molecule has 0 radical (unpaired) electrons. The molecule has 1 aliphatic carbocycles. The van der Waals surface area contributed by atoms with E-state index in [0.717, 1.165) is 6.42 Å². The summed E-state index contributed by atoms with van der Waals surface area (Å²) in [5.74, 6) is 0.318. The zero-order valence-corrected chi connectivity index (χ0v) is 12.5. The molecule has 2 nitrogen and oxygen atoms in total. The molecule has 2 rings (SSSR count). The van der Waals surface area contributed by atoms with Crippen LogP contribution in [0.5, 0.6) is 0 Å². The Hall–Kier alpha value is -0.900. The minimum Gasteiger partial charge on any atom is -0.325 e. The lowest BCUT2D eigenvalue weighted by molar-refractivity contribution is -0.116. The van der Waals surface area contributed by atoms with E-state index in [4.69, 9.17) is 0 Å². The second-order valence-corrected chi connectivity index (χ2v) is 6.07. The number of rotatable bonds is 4. The van der Waals surface area contributed by atoms with E-state index in [1.807, 2.05) is 0 Å². The molecule has 1 amide bonds. The fourth-order valence-electron chi connectivity index (χ4n) is 2.62. The maximum absolute atomic E-state index is 13.1. The van der Waals surface area contributed by atoms with Gasteiger partial charge in [0, 0.05) is 10.9 Å². The third-order valence-corrected chi connectivity index (χ3v) is 4.40. The second-order valence-electron chi connectivity index (χ2n) is 5.22. The summed E-state index contributed by atoms with van der Waals surface area (Å²) in [6, 6.07) is 4.30. The number of nitrogens with one attached hydrogen (secondary N) is 1. The summed E-state index contributed by atoms with van der Waals surface area (Å²) >= 11 is 3.31. The smallest absolute Gasteiger partial charge is 0.224 e. The number of carbonyl (C=O) groups excluding carboxylic acids is 1. The third-order valence-electron chi connectivity index (χ3n) is 3.71. The van der Waals surface area contributed by atoms with Crippen LogP contribution in [0.4, 0.5) is 10.1 Å². The summed E-state index contributed by atoms with van der Waals surface area (Å²) in [6.45, 7) is 0. The maximum Gasteiger partial charge on any atom is 0.224 e. The predicted molar refractivity (Wildman–Crippen MR) is 78.5 cm³/mol. The van der Waals surface area contributed by atoms with Gasteiger partial charge in [0.2, 0.25) is 5.91 Å². The molecule has 0 heterocycles. The zero-order chi connectivity index (χ0) is 13.7. The predicted octanol–water partition coefficient (Wildman–Crippen LogP) is 4.89. The monoisotopic (exact) mass is 327 g/mol. The van der Waals surface area contributed by atoms with Gasteiger partial charge in [0.25, 0.3) is 0 Å². The Kier molecular flexibility index (Phi) is 5.37. The molecule has 0 aromatic heterocycles. The van der Waals surface area contributed by atoms with E-state index in [-0.39, 0.29) is 11.7 Å². The van der Waals surface area contributed by atoms with Crippen LogP contribution in [0.15, 0.2) is 22.7 Å². The first-order valence-corrected chi connectivity index (χ1v) is 7.69. The number of hydrogen-bond acceptors (Lipinski definition) is 1. The van der Waals surface area contributed by atoms with Crippen molar-refractivity contribution in [2.24, 2.45) is 5.92 Å². The van der Waals surface area contributed by atoms with E-state index in [2.05, 4.69) is 21.2 Å². The molecule has 1 fully saturated rings. The summed E-state index contributed by atoms with van der Waals surface area (Å²) < 4.78 is 13.8. The van der Waals surface area contributed by atoms with Gasteiger partial charge in [-0.25, -0.2) is 4.39 Å². The Morgan fingerprint density at radius 3 is 2.79 bits per heavy atom. The van der Waals surface area contributed by atoms with Crippen molar-refractivity contribution in [3.63, 3.8) is 0 Å². The number of carbonyl (C=O) groups is 1. The Labute approximate surface area is 121 Å². The van der Waals surface area contributed by atoms with E-state index < -0.39 is 0 Å². The molecule has 1 N–H and O–H groups in total. The van der Waals surface area contributed by atoms with Crippen molar-refractivity contribution >= 4 is 27.5 Å². The average Bonchev–Trinajstić information content (AvgIpc) is 2.42. The second kappa shape index (κ2) is 7.04. The molecule has 0 unspecified atom stereocenters. The van der Waals surface area contributed by atoms with Crippen LogP contribution >= 0.6 is 15.9 Å². The van der Waals surface area contributed by atoms with Gasteiger partial charge in [-0.05, 0) is 46.5 Å². The highest BCUT2D eigenvalue weighted by atomic mass is 79.9. The molecule has 4 heteroatoms. The normalized spacial score (nSPS) is 16.3. The highest BCUT2D eigenvalue weighted by Gasteiger charge is 2.15. The fourth-order valence-corrected chi connectivity index (χ4v) is 2.96. The number of benzene rings is 1. The van der Waals surface area contributed by atoms with E-state index in [0.29, 0.717) is 22.5 Å². The number of amides is 1. The molecular weight excluding hydrogens is 309 g/mol. The average molecular weight is 328 g/mol. The van der Waals surface area contributed by atoms with Crippen LogP contribution in [0.25, 0.3) is 0 Å². The third kappa shape index (κ3) is 4.60. The van der Waals surface area contributed by atoms with Crippen LogP contribution in [0.2, 0.25) is 0 Å². The minimum absolute atomic E-state index is 0.0307. The van der Waals surface area contributed by atoms with Gasteiger partial charge in [-0.15, -0.1) is 0 Å². The molecule has 19 heavy (non-hydrogen) atoms. The largest absolute Gasteiger partial charge is 0.325 e. The van der Waals surface area contributed by atoms with Gasteiger partial charge in [0.15, 0.2) is 0 Å². The first-order valence-electron chi connectivity index (χ1n) is 6.90. The van der Waals surface area contributed by atoms with Crippen molar-refractivity contribution in [3.8, 4) is 0 Å².